The first-order valence-corrected chi connectivity index (χ1v) is 18.6. The maximum absolute atomic E-state index is 14.8. The molecule has 0 spiro atoms. The van der Waals surface area contributed by atoms with Gasteiger partial charge in [0.2, 0.25) is 11.8 Å². The first-order valence-electron chi connectivity index (χ1n) is 16.4. The van der Waals surface area contributed by atoms with Crippen LogP contribution >= 0.6 is 23.2 Å². The molecule has 1 fully saturated rings. The predicted octanol–water partition coefficient (Wildman–Crippen LogP) is 7.59. The van der Waals surface area contributed by atoms with E-state index in [-0.39, 0.29) is 40.5 Å². The van der Waals surface area contributed by atoms with Gasteiger partial charge in [-0.2, -0.15) is 0 Å². The second-order valence-electron chi connectivity index (χ2n) is 12.3. The van der Waals surface area contributed by atoms with E-state index in [0.29, 0.717) is 16.3 Å². The second-order valence-corrected chi connectivity index (χ2v) is 15.0. The summed E-state index contributed by atoms with van der Waals surface area (Å²) in [5.74, 6) is -0.522. The van der Waals surface area contributed by atoms with Crippen molar-refractivity contribution in [2.75, 3.05) is 18.0 Å². The Morgan fingerprint density at radius 1 is 0.878 bits per heavy atom. The number of aryl methyl sites for hydroxylation is 1. The quantitative estimate of drug-likeness (QED) is 0.154. The maximum atomic E-state index is 14.8. The summed E-state index contributed by atoms with van der Waals surface area (Å²) >= 11 is 13.1. The fraction of sp³-hybridized carbons (Fsp3) is 0.316. The molecule has 0 aliphatic heterocycles. The van der Waals surface area contributed by atoms with Crippen molar-refractivity contribution in [2.45, 2.75) is 69.0 Å². The number of hydrogen-bond donors (Lipinski definition) is 1. The summed E-state index contributed by atoms with van der Waals surface area (Å²) in [4.78, 5) is 30.5. The number of amides is 2. The van der Waals surface area contributed by atoms with Crippen LogP contribution in [0.5, 0.6) is 5.75 Å². The van der Waals surface area contributed by atoms with Gasteiger partial charge in [0, 0.05) is 24.0 Å². The van der Waals surface area contributed by atoms with Gasteiger partial charge in [0.25, 0.3) is 10.0 Å². The van der Waals surface area contributed by atoms with Crippen molar-refractivity contribution in [3.8, 4) is 5.75 Å². The number of hydrogen-bond acceptors (Lipinski definition) is 5. The van der Waals surface area contributed by atoms with Gasteiger partial charge in [-0.25, -0.2) is 8.42 Å². The predicted molar refractivity (Wildman–Crippen MR) is 195 cm³/mol. The van der Waals surface area contributed by atoms with Crippen LogP contribution in [-0.4, -0.2) is 50.9 Å². The smallest absolute Gasteiger partial charge is 0.264 e. The Morgan fingerprint density at radius 2 is 1.55 bits per heavy atom. The monoisotopic (exact) mass is 721 g/mol. The van der Waals surface area contributed by atoms with Crippen molar-refractivity contribution in [3.05, 3.63) is 124 Å². The molecule has 0 heterocycles. The van der Waals surface area contributed by atoms with Crippen molar-refractivity contribution < 1.29 is 22.7 Å². The number of carbonyl (C=O) groups excluding carboxylic acids is 2. The number of anilines is 1. The molecule has 4 aromatic rings. The lowest BCUT2D eigenvalue weighted by Crippen LogP contribution is -2.55. The fourth-order valence-electron chi connectivity index (χ4n) is 6.09. The van der Waals surface area contributed by atoms with Crippen LogP contribution in [0.4, 0.5) is 5.69 Å². The van der Waals surface area contributed by atoms with Crippen molar-refractivity contribution in [1.82, 2.24) is 10.2 Å². The van der Waals surface area contributed by atoms with E-state index in [1.807, 2.05) is 43.3 Å². The number of nitrogens with zero attached hydrogens (tertiary/aromatic N) is 2. The lowest BCUT2D eigenvalue weighted by atomic mass is 9.94. The van der Waals surface area contributed by atoms with E-state index in [0.717, 1.165) is 47.5 Å². The number of rotatable bonds is 13. The molecular weight excluding hydrogens is 681 g/mol. The summed E-state index contributed by atoms with van der Waals surface area (Å²) in [6, 6.07) is 26.6. The molecule has 1 N–H and O–H groups in total. The molecule has 4 aromatic carbocycles. The number of ether oxygens (including phenoxy) is 1. The number of halogens is 2. The number of nitrogens with one attached hydrogen (secondary N) is 1. The molecule has 11 heteroatoms. The molecule has 8 nitrogen and oxygen atoms in total. The molecular formula is C38H41Cl2N3O5S. The molecule has 0 bridgehead atoms. The largest absolute Gasteiger partial charge is 0.495 e. The Hall–Kier alpha value is -4.05. The van der Waals surface area contributed by atoms with Gasteiger partial charge in [-0.05, 0) is 67.3 Å². The third-order valence-corrected chi connectivity index (χ3v) is 11.3. The minimum atomic E-state index is -4.28. The average molecular weight is 723 g/mol. The Kier molecular flexibility index (Phi) is 12.3. The number of sulfonamides is 1. The zero-order valence-electron chi connectivity index (χ0n) is 27.6. The summed E-state index contributed by atoms with van der Waals surface area (Å²) in [5, 5.41) is 3.82. The van der Waals surface area contributed by atoms with Crippen LogP contribution in [0.25, 0.3) is 0 Å². The van der Waals surface area contributed by atoms with Crippen LogP contribution in [-0.2, 0) is 32.6 Å². The van der Waals surface area contributed by atoms with Crippen molar-refractivity contribution in [2.24, 2.45) is 0 Å². The lowest BCUT2D eigenvalue weighted by Gasteiger charge is -2.35. The van der Waals surface area contributed by atoms with Crippen molar-refractivity contribution >= 4 is 50.7 Å². The molecule has 258 valence electrons. The minimum Gasteiger partial charge on any atom is -0.495 e. The van der Waals surface area contributed by atoms with E-state index in [9.17, 15) is 18.0 Å². The summed E-state index contributed by atoms with van der Waals surface area (Å²) in [6.07, 6.45) is 5.11. The lowest BCUT2D eigenvalue weighted by molar-refractivity contribution is -0.140. The van der Waals surface area contributed by atoms with E-state index in [1.165, 1.54) is 30.2 Å². The third-order valence-electron chi connectivity index (χ3n) is 8.83. The Labute approximate surface area is 299 Å². The molecule has 1 saturated carbocycles. The SMILES string of the molecule is COc1ccc(N(CC(=O)N(Cc2ccccc2Cl)[C@@H](Cc2ccccc2)C(=O)NC2CCCCC2)S(=O)(=O)c2ccc(C)cc2)cc1Cl. The van der Waals surface area contributed by atoms with E-state index in [4.69, 9.17) is 27.9 Å². The van der Waals surface area contributed by atoms with Crippen molar-refractivity contribution in [3.63, 3.8) is 0 Å². The van der Waals surface area contributed by atoms with E-state index >= 15 is 0 Å². The van der Waals surface area contributed by atoms with E-state index < -0.39 is 28.5 Å². The first kappa shape index (κ1) is 36.2. The minimum absolute atomic E-state index is 0.00311. The van der Waals surface area contributed by atoms with Gasteiger partial charge >= 0.3 is 0 Å². The second kappa shape index (κ2) is 16.6. The van der Waals surface area contributed by atoms with Gasteiger partial charge in [-0.3, -0.25) is 13.9 Å². The highest BCUT2D eigenvalue weighted by Gasteiger charge is 2.36. The van der Waals surface area contributed by atoms with E-state index in [1.54, 1.807) is 42.5 Å². The van der Waals surface area contributed by atoms with E-state index in [2.05, 4.69) is 5.32 Å². The molecule has 1 aliphatic carbocycles. The summed E-state index contributed by atoms with van der Waals surface area (Å²) in [5.41, 5.74) is 2.53. The first-order chi connectivity index (χ1) is 23.6. The molecule has 1 aliphatic rings. The molecule has 2 amide bonds. The standard InChI is InChI=1S/C38H41Cl2N3O5S/c1-27-17-20-32(21-18-27)49(46,47)43(31-19-22-36(48-2)34(40)24-31)26-37(44)42(25-29-13-9-10-16-33(29)39)35(23-28-11-5-3-6-12-28)38(45)41-30-14-7-4-8-15-30/h3,5-6,9-13,16-22,24,30,35H,4,7-8,14-15,23,25-26H2,1-2H3,(H,41,45)/t35-/m0/s1. The average Bonchev–Trinajstić information content (AvgIpc) is 3.10. The summed E-state index contributed by atoms with van der Waals surface area (Å²) in [7, 11) is -2.82. The molecule has 0 unspecified atom stereocenters. The van der Waals surface area contributed by atoms with Crippen molar-refractivity contribution in [1.29, 1.82) is 0 Å². The molecule has 0 aromatic heterocycles. The highest BCUT2D eigenvalue weighted by Crippen LogP contribution is 2.33. The highest BCUT2D eigenvalue weighted by molar-refractivity contribution is 7.92. The molecule has 0 saturated heterocycles. The van der Waals surface area contributed by atoms with Crippen LogP contribution in [0.15, 0.2) is 102 Å². The molecule has 0 radical (unpaired) electrons. The van der Waals surface area contributed by atoms with Gasteiger partial charge in [0.1, 0.15) is 18.3 Å². The zero-order valence-corrected chi connectivity index (χ0v) is 30.0. The highest BCUT2D eigenvalue weighted by atomic mass is 35.5. The number of benzene rings is 4. The summed E-state index contributed by atoms with van der Waals surface area (Å²) in [6.45, 7) is 1.24. The zero-order chi connectivity index (χ0) is 35.0. The topological polar surface area (TPSA) is 96.0 Å². The van der Waals surface area contributed by atoms with Gasteiger partial charge in [-0.15, -0.1) is 0 Å². The summed E-state index contributed by atoms with van der Waals surface area (Å²) < 4.78 is 35.0. The Balaban J connectivity index is 1.59. The Morgan fingerprint density at radius 3 is 2.20 bits per heavy atom. The normalized spacial score (nSPS) is 14.1. The van der Waals surface area contributed by atoms with Crippen LogP contribution in [0, 0.1) is 6.92 Å². The molecule has 49 heavy (non-hydrogen) atoms. The van der Waals surface area contributed by atoms with Gasteiger partial charge in [0.05, 0.1) is 22.7 Å². The fourth-order valence-corrected chi connectivity index (χ4v) is 7.94. The van der Waals surface area contributed by atoms with Gasteiger partial charge in [-0.1, -0.05) is 109 Å². The number of methoxy groups -OCH3 is 1. The van der Waals surface area contributed by atoms with Crippen LogP contribution in [0.1, 0.15) is 48.8 Å². The Bertz CT molecular complexity index is 1850. The van der Waals surface area contributed by atoms with Crippen LogP contribution < -0.4 is 14.4 Å². The van der Waals surface area contributed by atoms with Gasteiger partial charge < -0.3 is 15.0 Å². The van der Waals surface area contributed by atoms with Crippen LogP contribution in [0.2, 0.25) is 10.0 Å². The maximum Gasteiger partial charge on any atom is 0.264 e. The van der Waals surface area contributed by atoms with Crippen LogP contribution in [0.3, 0.4) is 0 Å². The molecule has 1 atom stereocenters. The number of carbonyl (C=O) groups is 2. The third kappa shape index (κ3) is 9.15. The molecule has 5 rings (SSSR count). The van der Waals surface area contributed by atoms with Gasteiger partial charge in [0.15, 0.2) is 0 Å².